The van der Waals surface area contributed by atoms with Crippen molar-refractivity contribution in [2.24, 2.45) is 5.92 Å². The van der Waals surface area contributed by atoms with Crippen LogP contribution in [0, 0.1) is 11.7 Å². The van der Waals surface area contributed by atoms with Crippen LogP contribution in [0.5, 0.6) is 0 Å². The number of piperidine rings is 1. The minimum absolute atomic E-state index is 0.0711. The molecule has 0 unspecified atom stereocenters. The van der Waals surface area contributed by atoms with Gasteiger partial charge in [-0.2, -0.15) is 0 Å². The molecule has 0 radical (unpaired) electrons. The Balaban J connectivity index is 2.13. The van der Waals surface area contributed by atoms with E-state index >= 15 is 0 Å². The number of nitrogens with zero attached hydrogens (tertiary/aromatic N) is 2. The molecule has 1 heterocycles. The maximum Gasteiger partial charge on any atom is 0.317 e. The fourth-order valence-corrected chi connectivity index (χ4v) is 3.64. The van der Waals surface area contributed by atoms with Crippen LogP contribution in [0.1, 0.15) is 44.0 Å². The number of amides is 4. The number of urea groups is 1. The summed E-state index contributed by atoms with van der Waals surface area (Å²) >= 11 is 0. The number of hydrogen-bond donors (Lipinski definition) is 2. The van der Waals surface area contributed by atoms with Crippen molar-refractivity contribution in [3.8, 4) is 0 Å². The first-order valence-corrected chi connectivity index (χ1v) is 10.3. The van der Waals surface area contributed by atoms with Gasteiger partial charge in [0.1, 0.15) is 11.9 Å². The van der Waals surface area contributed by atoms with Crippen LogP contribution in [-0.4, -0.2) is 66.4 Å². The zero-order valence-electron chi connectivity index (χ0n) is 17.4. The molecule has 160 valence electrons. The van der Waals surface area contributed by atoms with Crippen molar-refractivity contribution in [2.45, 2.75) is 39.7 Å². The molecule has 1 aliphatic rings. The Labute approximate surface area is 171 Å². The number of likely N-dealkylation sites (tertiary alicyclic amines) is 1. The van der Waals surface area contributed by atoms with Gasteiger partial charge in [0.25, 0.3) is 5.91 Å². The van der Waals surface area contributed by atoms with E-state index in [1.54, 1.807) is 9.80 Å². The predicted molar refractivity (Wildman–Crippen MR) is 109 cm³/mol. The standard InChI is InChI=1S/C21H31FN4O3/c1-4-23-21(29)26-13-11-15(12-14-26)18(20(28)25(5-2)6-3)24-19(27)16-7-9-17(22)10-8-16/h7-10,15,18H,4-6,11-14H2,1-3H3,(H,23,29)(H,24,27)/t18-/m1/s1. The van der Waals surface area contributed by atoms with Crippen molar-refractivity contribution in [3.63, 3.8) is 0 Å². The Hall–Kier alpha value is -2.64. The molecule has 1 aromatic carbocycles. The van der Waals surface area contributed by atoms with Crippen LogP contribution in [0.15, 0.2) is 24.3 Å². The van der Waals surface area contributed by atoms with E-state index in [-0.39, 0.29) is 17.9 Å². The summed E-state index contributed by atoms with van der Waals surface area (Å²) < 4.78 is 13.2. The second-order valence-corrected chi connectivity index (χ2v) is 7.13. The molecular formula is C21H31FN4O3. The molecule has 1 aromatic rings. The van der Waals surface area contributed by atoms with Crippen LogP contribution in [0.2, 0.25) is 0 Å². The van der Waals surface area contributed by atoms with E-state index in [2.05, 4.69) is 10.6 Å². The molecule has 0 bridgehead atoms. The summed E-state index contributed by atoms with van der Waals surface area (Å²) in [4.78, 5) is 41.3. The normalized spacial score (nSPS) is 15.5. The topological polar surface area (TPSA) is 81.8 Å². The largest absolute Gasteiger partial charge is 0.341 e. The van der Waals surface area contributed by atoms with Crippen molar-refractivity contribution in [2.75, 3.05) is 32.7 Å². The highest BCUT2D eigenvalue weighted by Crippen LogP contribution is 2.23. The lowest BCUT2D eigenvalue weighted by Gasteiger charge is -2.37. The minimum Gasteiger partial charge on any atom is -0.341 e. The van der Waals surface area contributed by atoms with E-state index in [1.165, 1.54) is 24.3 Å². The average molecular weight is 407 g/mol. The molecule has 8 heteroatoms. The summed E-state index contributed by atoms with van der Waals surface area (Å²) in [6, 6.07) is 4.47. The number of nitrogens with one attached hydrogen (secondary N) is 2. The van der Waals surface area contributed by atoms with Crippen LogP contribution >= 0.6 is 0 Å². The first-order valence-electron chi connectivity index (χ1n) is 10.3. The van der Waals surface area contributed by atoms with Crippen molar-refractivity contribution in [1.29, 1.82) is 0 Å². The number of benzene rings is 1. The third-order valence-corrected chi connectivity index (χ3v) is 5.36. The lowest BCUT2D eigenvalue weighted by Crippen LogP contribution is -2.55. The van der Waals surface area contributed by atoms with Crippen molar-refractivity contribution < 1.29 is 18.8 Å². The fraction of sp³-hybridized carbons (Fsp3) is 0.571. The zero-order valence-corrected chi connectivity index (χ0v) is 17.4. The molecular weight excluding hydrogens is 375 g/mol. The second kappa shape index (κ2) is 10.8. The average Bonchev–Trinajstić information content (AvgIpc) is 2.73. The lowest BCUT2D eigenvalue weighted by molar-refractivity contribution is -0.134. The summed E-state index contributed by atoms with van der Waals surface area (Å²) in [5.41, 5.74) is 0.309. The lowest BCUT2D eigenvalue weighted by atomic mass is 9.88. The molecule has 0 aromatic heterocycles. The number of likely N-dealkylation sites (N-methyl/N-ethyl adjacent to an activating group) is 1. The van der Waals surface area contributed by atoms with Gasteiger partial charge in [-0.05, 0) is 63.8 Å². The predicted octanol–water partition coefficient (Wildman–Crippen LogP) is 2.23. The monoisotopic (exact) mass is 406 g/mol. The molecule has 0 spiro atoms. The molecule has 1 atom stereocenters. The Morgan fingerprint density at radius 2 is 1.69 bits per heavy atom. The number of halogens is 1. The number of carbonyl (C=O) groups is 3. The molecule has 1 saturated heterocycles. The van der Waals surface area contributed by atoms with Gasteiger partial charge in [0.2, 0.25) is 5.91 Å². The Bertz CT molecular complexity index is 698. The van der Waals surface area contributed by atoms with Crippen molar-refractivity contribution in [1.82, 2.24) is 20.4 Å². The maximum absolute atomic E-state index is 13.2. The van der Waals surface area contributed by atoms with Gasteiger partial charge >= 0.3 is 6.03 Å². The summed E-state index contributed by atoms with van der Waals surface area (Å²) in [6.07, 6.45) is 1.25. The van der Waals surface area contributed by atoms with Gasteiger partial charge in [-0.15, -0.1) is 0 Å². The summed E-state index contributed by atoms with van der Waals surface area (Å²) in [5.74, 6) is -1.02. The van der Waals surface area contributed by atoms with Crippen molar-refractivity contribution in [3.05, 3.63) is 35.6 Å². The molecule has 0 saturated carbocycles. The van der Waals surface area contributed by atoms with Gasteiger partial charge < -0.3 is 20.4 Å². The van der Waals surface area contributed by atoms with E-state index in [9.17, 15) is 18.8 Å². The number of carbonyl (C=O) groups excluding carboxylic acids is 3. The van der Waals surface area contributed by atoms with Gasteiger partial charge in [-0.1, -0.05) is 0 Å². The maximum atomic E-state index is 13.2. The third kappa shape index (κ3) is 5.92. The SMILES string of the molecule is CCNC(=O)N1CCC([C@@H](NC(=O)c2ccc(F)cc2)C(=O)N(CC)CC)CC1. The van der Waals surface area contributed by atoms with E-state index in [1.807, 2.05) is 20.8 Å². The van der Waals surface area contributed by atoms with Gasteiger partial charge in [0.05, 0.1) is 0 Å². The minimum atomic E-state index is -0.677. The molecule has 2 N–H and O–H groups in total. The molecule has 0 aliphatic carbocycles. The van der Waals surface area contributed by atoms with Gasteiger partial charge in [0.15, 0.2) is 0 Å². The smallest absolute Gasteiger partial charge is 0.317 e. The Morgan fingerprint density at radius 1 is 1.10 bits per heavy atom. The third-order valence-electron chi connectivity index (χ3n) is 5.36. The number of rotatable bonds is 7. The molecule has 1 fully saturated rings. The van der Waals surface area contributed by atoms with Crippen molar-refractivity contribution >= 4 is 17.8 Å². The highest BCUT2D eigenvalue weighted by Gasteiger charge is 2.35. The van der Waals surface area contributed by atoms with E-state index < -0.39 is 17.8 Å². The van der Waals surface area contributed by atoms with Crippen LogP contribution in [-0.2, 0) is 4.79 Å². The molecule has 2 rings (SSSR count). The van der Waals surface area contributed by atoms with E-state index in [0.717, 1.165) is 0 Å². The van der Waals surface area contributed by atoms with Gasteiger partial charge in [-0.25, -0.2) is 9.18 Å². The van der Waals surface area contributed by atoms with Crippen LogP contribution in [0.25, 0.3) is 0 Å². The Kier molecular flexibility index (Phi) is 8.42. The fourth-order valence-electron chi connectivity index (χ4n) is 3.64. The van der Waals surface area contributed by atoms with E-state index in [0.29, 0.717) is 51.1 Å². The first kappa shape index (κ1) is 22.6. The van der Waals surface area contributed by atoms with Gasteiger partial charge in [0, 0.05) is 38.3 Å². The van der Waals surface area contributed by atoms with Crippen LogP contribution in [0.3, 0.4) is 0 Å². The van der Waals surface area contributed by atoms with Gasteiger partial charge in [-0.3, -0.25) is 9.59 Å². The summed E-state index contributed by atoms with van der Waals surface area (Å²) in [5, 5.41) is 5.66. The highest BCUT2D eigenvalue weighted by atomic mass is 19.1. The molecule has 4 amide bonds. The second-order valence-electron chi connectivity index (χ2n) is 7.13. The number of hydrogen-bond acceptors (Lipinski definition) is 3. The first-order chi connectivity index (χ1) is 13.9. The van der Waals surface area contributed by atoms with Crippen LogP contribution < -0.4 is 10.6 Å². The summed E-state index contributed by atoms with van der Waals surface area (Å²) in [7, 11) is 0. The molecule has 29 heavy (non-hydrogen) atoms. The summed E-state index contributed by atoms with van der Waals surface area (Å²) in [6.45, 7) is 8.40. The quantitative estimate of drug-likeness (QED) is 0.729. The zero-order chi connectivity index (χ0) is 21.4. The Morgan fingerprint density at radius 3 is 2.21 bits per heavy atom. The molecule has 7 nitrogen and oxygen atoms in total. The highest BCUT2D eigenvalue weighted by molar-refractivity contribution is 5.97. The molecule has 1 aliphatic heterocycles. The van der Waals surface area contributed by atoms with E-state index in [4.69, 9.17) is 0 Å². The van der Waals surface area contributed by atoms with Crippen LogP contribution in [0.4, 0.5) is 9.18 Å².